The first-order chi connectivity index (χ1) is 19.7. The number of furan rings is 1. The summed E-state index contributed by atoms with van der Waals surface area (Å²) >= 11 is 6.47. The van der Waals surface area contributed by atoms with Crippen molar-refractivity contribution >= 4 is 55.1 Å². The van der Waals surface area contributed by atoms with Crippen LogP contribution in [0, 0.1) is 0 Å². The lowest BCUT2D eigenvalue weighted by atomic mass is 9.97. The van der Waals surface area contributed by atoms with Crippen molar-refractivity contribution in [3.8, 4) is 33.9 Å². The van der Waals surface area contributed by atoms with E-state index < -0.39 is 0 Å². The molecule has 5 heteroatoms. The highest BCUT2D eigenvalue weighted by molar-refractivity contribution is 6.28. The van der Waals surface area contributed by atoms with Gasteiger partial charge >= 0.3 is 0 Å². The third-order valence-electron chi connectivity index (χ3n) is 7.49. The average Bonchev–Trinajstić information content (AvgIpc) is 3.39. The van der Waals surface area contributed by atoms with E-state index in [-0.39, 0.29) is 5.28 Å². The second-order valence-electron chi connectivity index (χ2n) is 9.79. The fourth-order valence-electron chi connectivity index (χ4n) is 5.65. The number of rotatable bonds is 3. The van der Waals surface area contributed by atoms with Gasteiger partial charge in [-0.3, -0.25) is 0 Å². The molecule has 0 spiro atoms. The molecule has 0 unspecified atom stereocenters. The van der Waals surface area contributed by atoms with Crippen LogP contribution < -0.4 is 0 Å². The normalized spacial score (nSPS) is 11.6. The Hall–Kier alpha value is -5.06. The van der Waals surface area contributed by atoms with Crippen molar-refractivity contribution in [3.63, 3.8) is 0 Å². The quantitative estimate of drug-likeness (QED) is 0.227. The van der Waals surface area contributed by atoms with E-state index in [1.54, 1.807) is 0 Å². The monoisotopic (exact) mass is 533 g/mol. The standard InChI is InChI=1S/C35H20ClN3O/c36-35-38-33(23-17-15-22(16-18-23)25-11-5-8-21-7-1-2-9-24(21)25)37-34(39-35)28-13-6-12-27-26(28)19-20-31-32(27)29-10-3-4-14-30(29)40-31/h1-20H. The Morgan fingerprint density at radius 1 is 0.450 bits per heavy atom. The van der Waals surface area contributed by atoms with Crippen molar-refractivity contribution in [3.05, 3.63) is 127 Å². The molecule has 0 saturated heterocycles. The van der Waals surface area contributed by atoms with E-state index in [1.165, 1.54) is 16.3 Å². The summed E-state index contributed by atoms with van der Waals surface area (Å²) in [5.41, 5.74) is 5.80. The maximum atomic E-state index is 6.47. The van der Waals surface area contributed by atoms with Crippen molar-refractivity contribution in [2.75, 3.05) is 0 Å². The molecule has 8 aromatic rings. The lowest BCUT2D eigenvalue weighted by molar-refractivity contribution is 0.669. The van der Waals surface area contributed by atoms with Crippen molar-refractivity contribution in [2.24, 2.45) is 0 Å². The number of benzene rings is 6. The highest BCUT2D eigenvalue weighted by atomic mass is 35.5. The molecular weight excluding hydrogens is 514 g/mol. The fraction of sp³-hybridized carbons (Fsp3) is 0. The Morgan fingerprint density at radius 2 is 1.12 bits per heavy atom. The Bertz CT molecular complexity index is 2230. The second kappa shape index (κ2) is 9.01. The maximum Gasteiger partial charge on any atom is 0.226 e. The fourth-order valence-corrected chi connectivity index (χ4v) is 5.81. The summed E-state index contributed by atoms with van der Waals surface area (Å²) in [5, 5.41) is 6.87. The summed E-state index contributed by atoms with van der Waals surface area (Å²) in [6.07, 6.45) is 0. The summed E-state index contributed by atoms with van der Waals surface area (Å²) in [6.45, 7) is 0. The van der Waals surface area contributed by atoms with Crippen molar-refractivity contribution in [1.29, 1.82) is 0 Å². The molecule has 2 aromatic heterocycles. The van der Waals surface area contributed by atoms with Crippen LogP contribution in [-0.4, -0.2) is 15.0 Å². The van der Waals surface area contributed by atoms with Crippen LogP contribution in [0.2, 0.25) is 5.28 Å². The molecule has 40 heavy (non-hydrogen) atoms. The zero-order chi connectivity index (χ0) is 26.6. The van der Waals surface area contributed by atoms with Crippen LogP contribution in [-0.2, 0) is 0 Å². The zero-order valence-electron chi connectivity index (χ0n) is 21.2. The van der Waals surface area contributed by atoms with Gasteiger partial charge < -0.3 is 4.42 Å². The van der Waals surface area contributed by atoms with Gasteiger partial charge in [0.1, 0.15) is 11.2 Å². The molecule has 188 valence electrons. The number of para-hydroxylation sites is 1. The largest absolute Gasteiger partial charge is 0.456 e. The van der Waals surface area contributed by atoms with Crippen LogP contribution >= 0.6 is 11.6 Å². The lowest BCUT2D eigenvalue weighted by Gasteiger charge is -2.10. The van der Waals surface area contributed by atoms with Crippen LogP contribution in [0.1, 0.15) is 0 Å². The van der Waals surface area contributed by atoms with Crippen LogP contribution in [0.15, 0.2) is 126 Å². The van der Waals surface area contributed by atoms with Crippen LogP contribution in [0.3, 0.4) is 0 Å². The molecule has 0 atom stereocenters. The molecule has 0 aliphatic rings. The van der Waals surface area contributed by atoms with Gasteiger partial charge in [-0.1, -0.05) is 103 Å². The molecule has 0 N–H and O–H groups in total. The predicted octanol–water partition coefficient (Wildman–Crippen LogP) is 9.73. The van der Waals surface area contributed by atoms with Crippen LogP contribution in [0.5, 0.6) is 0 Å². The van der Waals surface area contributed by atoms with Gasteiger partial charge in [0, 0.05) is 21.9 Å². The van der Waals surface area contributed by atoms with Gasteiger partial charge in [-0.2, -0.15) is 9.97 Å². The minimum absolute atomic E-state index is 0.157. The van der Waals surface area contributed by atoms with Crippen LogP contribution in [0.4, 0.5) is 0 Å². The van der Waals surface area contributed by atoms with E-state index in [0.717, 1.165) is 49.4 Å². The smallest absolute Gasteiger partial charge is 0.226 e. The summed E-state index contributed by atoms with van der Waals surface area (Å²) in [6, 6.07) is 41.4. The van der Waals surface area contributed by atoms with E-state index in [4.69, 9.17) is 21.0 Å². The lowest BCUT2D eigenvalue weighted by Crippen LogP contribution is -1.98. The maximum absolute atomic E-state index is 6.47. The third kappa shape index (κ3) is 3.65. The zero-order valence-corrected chi connectivity index (χ0v) is 21.9. The Labute approximate surface area is 234 Å². The van der Waals surface area contributed by atoms with Gasteiger partial charge in [-0.15, -0.1) is 0 Å². The molecule has 0 aliphatic heterocycles. The molecule has 4 nitrogen and oxygen atoms in total. The highest BCUT2D eigenvalue weighted by Gasteiger charge is 2.16. The molecule has 8 rings (SSSR count). The number of hydrogen-bond acceptors (Lipinski definition) is 4. The molecule has 0 radical (unpaired) electrons. The van der Waals surface area contributed by atoms with Crippen molar-refractivity contribution in [2.45, 2.75) is 0 Å². The molecule has 6 aromatic carbocycles. The van der Waals surface area contributed by atoms with E-state index in [0.29, 0.717) is 11.6 Å². The molecule has 0 bridgehead atoms. The highest BCUT2D eigenvalue weighted by Crippen LogP contribution is 2.38. The minimum atomic E-state index is 0.157. The first kappa shape index (κ1) is 22.9. The summed E-state index contributed by atoms with van der Waals surface area (Å²) in [5.74, 6) is 1.07. The van der Waals surface area contributed by atoms with Gasteiger partial charge in [0.2, 0.25) is 5.28 Å². The Balaban J connectivity index is 1.24. The van der Waals surface area contributed by atoms with Gasteiger partial charge in [0.25, 0.3) is 0 Å². The summed E-state index contributed by atoms with van der Waals surface area (Å²) in [7, 11) is 0. The van der Waals surface area contributed by atoms with Crippen molar-refractivity contribution in [1.82, 2.24) is 15.0 Å². The molecule has 0 fully saturated rings. The number of fused-ring (bicyclic) bond motifs is 6. The second-order valence-corrected chi connectivity index (χ2v) is 10.1. The first-order valence-corrected chi connectivity index (χ1v) is 13.4. The number of nitrogens with zero attached hydrogens (tertiary/aromatic N) is 3. The first-order valence-electron chi connectivity index (χ1n) is 13.1. The Morgan fingerprint density at radius 3 is 2.02 bits per heavy atom. The van der Waals surface area contributed by atoms with Gasteiger partial charge in [0.05, 0.1) is 0 Å². The van der Waals surface area contributed by atoms with E-state index >= 15 is 0 Å². The number of hydrogen-bond donors (Lipinski definition) is 0. The minimum Gasteiger partial charge on any atom is -0.456 e. The number of aromatic nitrogens is 3. The molecule has 0 aliphatic carbocycles. The average molecular weight is 534 g/mol. The summed E-state index contributed by atoms with van der Waals surface area (Å²) < 4.78 is 6.11. The van der Waals surface area contributed by atoms with E-state index in [9.17, 15) is 0 Å². The molecular formula is C35H20ClN3O. The number of halogens is 1. The molecule has 0 amide bonds. The Kier molecular flexibility index (Phi) is 5.15. The summed E-state index contributed by atoms with van der Waals surface area (Å²) in [4.78, 5) is 13.9. The van der Waals surface area contributed by atoms with Gasteiger partial charge in [0.15, 0.2) is 11.6 Å². The molecule has 0 saturated carbocycles. The van der Waals surface area contributed by atoms with E-state index in [2.05, 4.69) is 82.8 Å². The topological polar surface area (TPSA) is 51.8 Å². The molecule has 2 heterocycles. The van der Waals surface area contributed by atoms with Gasteiger partial charge in [-0.05, 0) is 62.5 Å². The van der Waals surface area contributed by atoms with Crippen LogP contribution in [0.25, 0.3) is 77.4 Å². The third-order valence-corrected chi connectivity index (χ3v) is 7.66. The van der Waals surface area contributed by atoms with Crippen molar-refractivity contribution < 1.29 is 4.42 Å². The predicted molar refractivity (Wildman–Crippen MR) is 163 cm³/mol. The van der Waals surface area contributed by atoms with E-state index in [1.807, 2.05) is 48.5 Å². The van der Waals surface area contributed by atoms with Gasteiger partial charge in [-0.25, -0.2) is 4.98 Å². The SMILES string of the molecule is Clc1nc(-c2ccc(-c3cccc4ccccc34)cc2)nc(-c2cccc3c2ccc2oc4ccccc4c23)n1.